The average molecular weight is 162 g/mol. The van der Waals surface area contributed by atoms with Crippen LogP contribution < -0.4 is 0 Å². The zero-order valence-electron chi connectivity index (χ0n) is 6.88. The Morgan fingerprint density at radius 2 is 2.00 bits per heavy atom. The Kier molecular flexibility index (Phi) is 4.52. The van der Waals surface area contributed by atoms with Gasteiger partial charge in [0.05, 0.1) is 13.0 Å². The van der Waals surface area contributed by atoms with Crippen molar-refractivity contribution in [1.82, 2.24) is 0 Å². The molecule has 2 nitrogen and oxygen atoms in total. The van der Waals surface area contributed by atoms with Crippen LogP contribution in [0.4, 0.5) is 0 Å². The Balaban J connectivity index is 3.81. The lowest BCUT2D eigenvalue weighted by Gasteiger charge is -2.14. The highest BCUT2D eigenvalue weighted by molar-refractivity contribution is 7.99. The molecule has 0 saturated heterocycles. The first-order chi connectivity index (χ1) is 4.63. The monoisotopic (exact) mass is 162 g/mol. The molecule has 0 N–H and O–H groups in total. The standard InChI is InChI=1S/C7H14O2S/c1-5(6(2)10-4)7(8)9-3/h5-6H,1-4H3. The maximum absolute atomic E-state index is 10.9. The van der Waals surface area contributed by atoms with Gasteiger partial charge in [-0.2, -0.15) is 11.8 Å². The van der Waals surface area contributed by atoms with Crippen molar-refractivity contribution in [3.05, 3.63) is 0 Å². The van der Waals surface area contributed by atoms with Crippen molar-refractivity contribution in [3.8, 4) is 0 Å². The summed E-state index contributed by atoms with van der Waals surface area (Å²) in [5, 5.41) is 0.340. The molecule has 0 aromatic rings. The highest BCUT2D eigenvalue weighted by atomic mass is 32.2. The Labute approximate surface area is 66.3 Å². The molecule has 0 aromatic heterocycles. The summed E-state index contributed by atoms with van der Waals surface area (Å²) in [6.07, 6.45) is 1.99. The van der Waals surface area contributed by atoms with E-state index < -0.39 is 0 Å². The Morgan fingerprint density at radius 3 is 2.30 bits per heavy atom. The molecule has 0 amide bonds. The van der Waals surface area contributed by atoms with Crippen LogP contribution in [0.15, 0.2) is 0 Å². The summed E-state index contributed by atoms with van der Waals surface area (Å²) < 4.78 is 4.58. The number of rotatable bonds is 3. The van der Waals surface area contributed by atoms with E-state index >= 15 is 0 Å². The van der Waals surface area contributed by atoms with Gasteiger partial charge in [0.15, 0.2) is 0 Å². The second-order valence-corrected chi connectivity index (χ2v) is 3.47. The quantitative estimate of drug-likeness (QED) is 0.589. The number of thioether (sulfide) groups is 1. The molecule has 0 bridgehead atoms. The van der Waals surface area contributed by atoms with E-state index in [-0.39, 0.29) is 11.9 Å². The van der Waals surface area contributed by atoms with Crippen LogP contribution in [0.3, 0.4) is 0 Å². The number of esters is 1. The van der Waals surface area contributed by atoms with Crippen LogP contribution in [0.1, 0.15) is 13.8 Å². The molecular weight excluding hydrogens is 148 g/mol. The van der Waals surface area contributed by atoms with Crippen molar-refractivity contribution in [3.63, 3.8) is 0 Å². The van der Waals surface area contributed by atoms with Gasteiger partial charge in [-0.1, -0.05) is 13.8 Å². The lowest BCUT2D eigenvalue weighted by Crippen LogP contribution is -2.21. The molecule has 0 heterocycles. The number of hydrogen-bond donors (Lipinski definition) is 0. The number of hydrogen-bond acceptors (Lipinski definition) is 3. The van der Waals surface area contributed by atoms with Crippen LogP contribution >= 0.6 is 11.8 Å². The molecule has 3 heteroatoms. The minimum absolute atomic E-state index is 0.000000000000000444. The summed E-state index contributed by atoms with van der Waals surface area (Å²) in [4.78, 5) is 10.9. The van der Waals surface area contributed by atoms with E-state index in [0.29, 0.717) is 5.25 Å². The predicted molar refractivity (Wildman–Crippen MR) is 44.2 cm³/mol. The van der Waals surface area contributed by atoms with Gasteiger partial charge in [-0.15, -0.1) is 0 Å². The van der Waals surface area contributed by atoms with Crippen LogP contribution in [0.5, 0.6) is 0 Å². The molecule has 0 aromatic carbocycles. The lowest BCUT2D eigenvalue weighted by molar-refractivity contribution is -0.144. The minimum atomic E-state index is -0.123. The third kappa shape index (κ3) is 2.60. The van der Waals surface area contributed by atoms with Gasteiger partial charge >= 0.3 is 5.97 Å². The van der Waals surface area contributed by atoms with Crippen molar-refractivity contribution >= 4 is 17.7 Å². The van der Waals surface area contributed by atoms with Crippen LogP contribution in [-0.2, 0) is 9.53 Å². The molecule has 0 rings (SSSR count). The highest BCUT2D eigenvalue weighted by Crippen LogP contribution is 2.16. The first-order valence-corrected chi connectivity index (χ1v) is 4.53. The summed E-state index contributed by atoms with van der Waals surface area (Å²) >= 11 is 1.68. The molecule has 0 fully saturated rings. The van der Waals surface area contributed by atoms with E-state index in [1.165, 1.54) is 7.11 Å². The molecule has 0 aliphatic heterocycles. The molecule has 0 radical (unpaired) electrons. The van der Waals surface area contributed by atoms with Crippen molar-refractivity contribution in [2.45, 2.75) is 19.1 Å². The number of carbonyl (C=O) groups excluding carboxylic acids is 1. The highest BCUT2D eigenvalue weighted by Gasteiger charge is 2.19. The zero-order valence-corrected chi connectivity index (χ0v) is 7.70. The van der Waals surface area contributed by atoms with Crippen molar-refractivity contribution in [1.29, 1.82) is 0 Å². The van der Waals surface area contributed by atoms with Gasteiger partial charge in [-0.05, 0) is 6.26 Å². The summed E-state index contributed by atoms with van der Waals surface area (Å²) in [5.74, 6) is -0.123. The van der Waals surface area contributed by atoms with Crippen molar-refractivity contribution in [2.75, 3.05) is 13.4 Å². The molecule has 0 aliphatic carbocycles. The number of carbonyl (C=O) groups is 1. The minimum Gasteiger partial charge on any atom is -0.469 e. The van der Waals surface area contributed by atoms with E-state index in [1.54, 1.807) is 11.8 Å². The van der Waals surface area contributed by atoms with E-state index in [1.807, 2.05) is 20.1 Å². The van der Waals surface area contributed by atoms with E-state index in [2.05, 4.69) is 4.74 Å². The van der Waals surface area contributed by atoms with E-state index in [0.717, 1.165) is 0 Å². The fourth-order valence-corrected chi connectivity index (χ4v) is 1.10. The van der Waals surface area contributed by atoms with Gasteiger partial charge in [-0.25, -0.2) is 0 Å². The summed E-state index contributed by atoms with van der Waals surface area (Å²) in [6.45, 7) is 3.90. The molecule has 2 atom stereocenters. The van der Waals surface area contributed by atoms with Gasteiger partial charge in [0.25, 0.3) is 0 Å². The van der Waals surface area contributed by atoms with E-state index in [9.17, 15) is 4.79 Å². The Morgan fingerprint density at radius 1 is 1.50 bits per heavy atom. The van der Waals surface area contributed by atoms with Gasteiger partial charge in [0.1, 0.15) is 0 Å². The molecule has 60 valence electrons. The molecular formula is C7H14O2S. The third-order valence-electron chi connectivity index (χ3n) is 1.65. The molecule has 0 saturated carbocycles. The van der Waals surface area contributed by atoms with Crippen LogP contribution in [0, 0.1) is 5.92 Å². The third-order valence-corrected chi connectivity index (χ3v) is 2.80. The van der Waals surface area contributed by atoms with Crippen LogP contribution in [0.25, 0.3) is 0 Å². The van der Waals surface area contributed by atoms with Gasteiger partial charge < -0.3 is 4.74 Å². The fraction of sp³-hybridized carbons (Fsp3) is 0.857. The van der Waals surface area contributed by atoms with Crippen LogP contribution in [-0.4, -0.2) is 24.6 Å². The smallest absolute Gasteiger partial charge is 0.309 e. The topological polar surface area (TPSA) is 26.3 Å². The molecule has 2 unspecified atom stereocenters. The van der Waals surface area contributed by atoms with Crippen molar-refractivity contribution in [2.24, 2.45) is 5.92 Å². The second kappa shape index (κ2) is 4.61. The zero-order chi connectivity index (χ0) is 8.15. The molecule has 10 heavy (non-hydrogen) atoms. The first-order valence-electron chi connectivity index (χ1n) is 3.24. The van der Waals surface area contributed by atoms with Crippen molar-refractivity contribution < 1.29 is 9.53 Å². The summed E-state index contributed by atoms with van der Waals surface area (Å²) in [5.41, 5.74) is 0. The first kappa shape index (κ1) is 9.82. The summed E-state index contributed by atoms with van der Waals surface area (Å²) in [7, 11) is 1.42. The lowest BCUT2D eigenvalue weighted by atomic mass is 10.1. The van der Waals surface area contributed by atoms with Gasteiger partial charge in [0.2, 0.25) is 0 Å². The fourth-order valence-electron chi connectivity index (χ4n) is 0.582. The van der Waals surface area contributed by atoms with Gasteiger partial charge in [0, 0.05) is 5.25 Å². The Bertz CT molecular complexity index is 114. The normalized spacial score (nSPS) is 16.0. The van der Waals surface area contributed by atoms with E-state index in [4.69, 9.17) is 0 Å². The van der Waals surface area contributed by atoms with Gasteiger partial charge in [-0.3, -0.25) is 4.79 Å². The maximum Gasteiger partial charge on any atom is 0.309 e. The van der Waals surface area contributed by atoms with Crippen LogP contribution in [0.2, 0.25) is 0 Å². The largest absolute Gasteiger partial charge is 0.469 e. The number of ether oxygens (including phenoxy) is 1. The molecule has 0 aliphatic rings. The second-order valence-electron chi connectivity index (χ2n) is 2.25. The Hall–Kier alpha value is -0.180. The predicted octanol–water partition coefficient (Wildman–Crippen LogP) is 1.55. The summed E-state index contributed by atoms with van der Waals surface area (Å²) in [6, 6.07) is 0. The number of methoxy groups -OCH3 is 1. The average Bonchev–Trinajstić information content (AvgIpc) is 2.00. The molecule has 0 spiro atoms. The maximum atomic E-state index is 10.9. The SMILES string of the molecule is COC(=O)C(C)C(C)SC.